The standard InChI is InChI=1S/C8H14N4O2S2/c13-7-10-6-5(11(7)1-3-15)9-8(14)12(6)2-4-16/h5-6,15-16H,1-4H2,(H,9,14)(H,10,13). The minimum absolute atomic E-state index is 0.159. The third kappa shape index (κ3) is 1.80. The quantitative estimate of drug-likeness (QED) is 0.519. The lowest BCUT2D eigenvalue weighted by molar-refractivity contribution is 0.199. The Balaban J connectivity index is 2.11. The molecular weight excluding hydrogens is 248 g/mol. The van der Waals surface area contributed by atoms with Crippen LogP contribution in [0.4, 0.5) is 9.59 Å². The number of nitrogens with zero attached hydrogens (tertiary/aromatic N) is 2. The topological polar surface area (TPSA) is 64.7 Å². The molecule has 0 radical (unpaired) electrons. The minimum Gasteiger partial charge on any atom is -0.314 e. The Kier molecular flexibility index (Phi) is 3.38. The van der Waals surface area contributed by atoms with Crippen molar-refractivity contribution < 1.29 is 9.59 Å². The lowest BCUT2D eigenvalue weighted by Crippen LogP contribution is -2.44. The maximum absolute atomic E-state index is 11.6. The van der Waals surface area contributed by atoms with E-state index in [9.17, 15) is 9.59 Å². The Hall–Kier alpha value is -0.760. The van der Waals surface area contributed by atoms with Gasteiger partial charge in [-0.25, -0.2) is 9.59 Å². The molecule has 90 valence electrons. The average Bonchev–Trinajstić information content (AvgIpc) is 2.69. The van der Waals surface area contributed by atoms with Gasteiger partial charge < -0.3 is 10.6 Å². The van der Waals surface area contributed by atoms with Crippen LogP contribution in [-0.4, -0.2) is 58.8 Å². The molecule has 0 saturated carbocycles. The molecule has 6 nitrogen and oxygen atoms in total. The van der Waals surface area contributed by atoms with Crippen LogP contribution in [0, 0.1) is 0 Å². The minimum atomic E-state index is -0.285. The molecule has 2 aliphatic heterocycles. The summed E-state index contributed by atoms with van der Waals surface area (Å²) in [6.07, 6.45) is -0.570. The van der Waals surface area contributed by atoms with Crippen molar-refractivity contribution in [2.24, 2.45) is 0 Å². The summed E-state index contributed by atoms with van der Waals surface area (Å²) in [6, 6.07) is -0.318. The summed E-state index contributed by atoms with van der Waals surface area (Å²) in [5.74, 6) is 1.14. The zero-order valence-corrected chi connectivity index (χ0v) is 10.4. The summed E-state index contributed by atoms with van der Waals surface area (Å²) in [6.45, 7) is 1.04. The number of urea groups is 2. The summed E-state index contributed by atoms with van der Waals surface area (Å²) in [5.41, 5.74) is 0. The van der Waals surface area contributed by atoms with Crippen LogP contribution in [0.5, 0.6) is 0 Å². The summed E-state index contributed by atoms with van der Waals surface area (Å²) in [4.78, 5) is 26.4. The van der Waals surface area contributed by atoms with Crippen LogP contribution in [0.1, 0.15) is 0 Å². The van der Waals surface area contributed by atoms with Gasteiger partial charge in [0.25, 0.3) is 0 Å². The highest BCUT2D eigenvalue weighted by Crippen LogP contribution is 2.20. The molecule has 0 aliphatic carbocycles. The molecule has 2 rings (SSSR count). The van der Waals surface area contributed by atoms with Gasteiger partial charge in [-0.15, -0.1) is 0 Å². The zero-order chi connectivity index (χ0) is 11.7. The van der Waals surface area contributed by atoms with Gasteiger partial charge in [-0.05, 0) is 0 Å². The number of hydrogen-bond acceptors (Lipinski definition) is 4. The van der Waals surface area contributed by atoms with Crippen LogP contribution >= 0.6 is 25.3 Å². The number of rotatable bonds is 4. The summed E-state index contributed by atoms with van der Waals surface area (Å²) in [5, 5.41) is 5.56. The van der Waals surface area contributed by atoms with Gasteiger partial charge >= 0.3 is 12.1 Å². The van der Waals surface area contributed by atoms with Crippen LogP contribution in [0.3, 0.4) is 0 Å². The number of nitrogens with one attached hydrogen (secondary N) is 2. The Morgan fingerprint density at radius 3 is 1.62 bits per heavy atom. The van der Waals surface area contributed by atoms with E-state index < -0.39 is 0 Å². The molecule has 2 heterocycles. The highest BCUT2D eigenvalue weighted by Gasteiger charge is 2.49. The van der Waals surface area contributed by atoms with E-state index in [1.165, 1.54) is 0 Å². The molecule has 2 N–H and O–H groups in total. The van der Waals surface area contributed by atoms with Crippen molar-refractivity contribution in [1.82, 2.24) is 20.4 Å². The van der Waals surface area contributed by atoms with E-state index in [1.807, 2.05) is 0 Å². The predicted octanol–water partition coefficient (Wildman–Crippen LogP) is -0.451. The number of carbonyl (C=O) groups is 2. The summed E-state index contributed by atoms with van der Waals surface area (Å²) in [7, 11) is 0. The number of fused-ring (bicyclic) bond motifs is 1. The average molecular weight is 262 g/mol. The fourth-order valence-corrected chi connectivity index (χ4v) is 2.45. The lowest BCUT2D eigenvalue weighted by atomic mass is 10.4. The highest BCUT2D eigenvalue weighted by molar-refractivity contribution is 7.80. The molecule has 2 unspecified atom stereocenters. The molecule has 2 fully saturated rings. The van der Waals surface area contributed by atoms with E-state index in [0.29, 0.717) is 24.6 Å². The molecule has 0 aromatic carbocycles. The van der Waals surface area contributed by atoms with E-state index >= 15 is 0 Å². The van der Waals surface area contributed by atoms with Crippen LogP contribution < -0.4 is 10.6 Å². The molecule has 4 amide bonds. The second kappa shape index (κ2) is 4.62. The molecule has 2 aliphatic rings. The first-order chi connectivity index (χ1) is 7.69. The Morgan fingerprint density at radius 1 is 0.938 bits per heavy atom. The van der Waals surface area contributed by atoms with Gasteiger partial charge in [-0.2, -0.15) is 25.3 Å². The van der Waals surface area contributed by atoms with Gasteiger partial charge in [0.1, 0.15) is 12.3 Å². The fourth-order valence-electron chi connectivity index (χ4n) is 2.02. The molecule has 8 heteroatoms. The molecule has 2 atom stereocenters. The van der Waals surface area contributed by atoms with Gasteiger partial charge in [0.2, 0.25) is 0 Å². The molecule has 0 aromatic heterocycles. The normalized spacial score (nSPS) is 28.1. The number of hydrogen-bond donors (Lipinski definition) is 4. The van der Waals surface area contributed by atoms with E-state index in [1.54, 1.807) is 9.80 Å². The fraction of sp³-hybridized carbons (Fsp3) is 0.750. The van der Waals surface area contributed by atoms with Crippen molar-refractivity contribution in [3.8, 4) is 0 Å². The van der Waals surface area contributed by atoms with Crippen molar-refractivity contribution in [2.45, 2.75) is 12.3 Å². The number of amides is 4. The summed E-state index contributed by atoms with van der Waals surface area (Å²) >= 11 is 8.18. The van der Waals surface area contributed by atoms with Crippen molar-refractivity contribution in [3.05, 3.63) is 0 Å². The molecular formula is C8H14N4O2S2. The first-order valence-electron chi connectivity index (χ1n) is 5.05. The van der Waals surface area contributed by atoms with Gasteiger partial charge in [0, 0.05) is 24.6 Å². The second-order valence-corrected chi connectivity index (χ2v) is 4.52. The van der Waals surface area contributed by atoms with E-state index in [2.05, 4.69) is 35.9 Å². The maximum Gasteiger partial charge on any atom is 0.320 e. The van der Waals surface area contributed by atoms with E-state index in [-0.39, 0.29) is 24.4 Å². The lowest BCUT2D eigenvalue weighted by Gasteiger charge is -2.21. The second-order valence-electron chi connectivity index (χ2n) is 3.62. The van der Waals surface area contributed by atoms with Gasteiger partial charge in [-0.3, -0.25) is 9.80 Å². The monoisotopic (exact) mass is 262 g/mol. The van der Waals surface area contributed by atoms with Crippen molar-refractivity contribution in [3.63, 3.8) is 0 Å². The third-order valence-corrected chi connectivity index (χ3v) is 3.12. The number of carbonyl (C=O) groups excluding carboxylic acids is 2. The smallest absolute Gasteiger partial charge is 0.314 e. The molecule has 0 bridgehead atoms. The van der Waals surface area contributed by atoms with E-state index in [4.69, 9.17) is 0 Å². The highest BCUT2D eigenvalue weighted by atomic mass is 32.1. The van der Waals surface area contributed by atoms with Gasteiger partial charge in [0.05, 0.1) is 0 Å². The van der Waals surface area contributed by atoms with Crippen LogP contribution in [0.15, 0.2) is 0 Å². The Bertz CT molecular complexity index is 284. The van der Waals surface area contributed by atoms with Crippen molar-refractivity contribution >= 4 is 37.3 Å². The Labute approximate surface area is 105 Å². The van der Waals surface area contributed by atoms with Crippen LogP contribution in [-0.2, 0) is 0 Å². The molecule has 0 aromatic rings. The van der Waals surface area contributed by atoms with E-state index in [0.717, 1.165) is 0 Å². The number of thiol groups is 2. The molecule has 16 heavy (non-hydrogen) atoms. The zero-order valence-electron chi connectivity index (χ0n) is 8.59. The van der Waals surface area contributed by atoms with Crippen molar-refractivity contribution in [1.29, 1.82) is 0 Å². The summed E-state index contributed by atoms with van der Waals surface area (Å²) < 4.78 is 0. The third-order valence-electron chi connectivity index (χ3n) is 2.72. The predicted molar refractivity (Wildman–Crippen MR) is 65.8 cm³/mol. The van der Waals surface area contributed by atoms with Gasteiger partial charge in [-0.1, -0.05) is 0 Å². The molecule has 0 spiro atoms. The van der Waals surface area contributed by atoms with Crippen molar-refractivity contribution in [2.75, 3.05) is 24.6 Å². The van der Waals surface area contributed by atoms with Crippen LogP contribution in [0.25, 0.3) is 0 Å². The van der Waals surface area contributed by atoms with Crippen LogP contribution in [0.2, 0.25) is 0 Å². The largest absolute Gasteiger partial charge is 0.320 e. The Morgan fingerprint density at radius 2 is 1.31 bits per heavy atom. The SMILES string of the molecule is O=C1NC2C(NC(=O)N2CCS)N1CCS. The first-order valence-corrected chi connectivity index (χ1v) is 6.31. The maximum atomic E-state index is 11.6. The molecule has 2 saturated heterocycles. The first kappa shape index (κ1) is 11.7. The van der Waals surface area contributed by atoms with Gasteiger partial charge in [0.15, 0.2) is 0 Å².